The highest BCUT2D eigenvalue weighted by molar-refractivity contribution is 5.84. The van der Waals surface area contributed by atoms with Gasteiger partial charge in [-0.25, -0.2) is 19.7 Å². The Kier molecular flexibility index (Phi) is 9.73. The number of ether oxygens (including phenoxy) is 3. The van der Waals surface area contributed by atoms with Crippen molar-refractivity contribution in [3.05, 3.63) is 96.3 Å². The van der Waals surface area contributed by atoms with Crippen LogP contribution in [0.4, 0.5) is 16.6 Å². The van der Waals surface area contributed by atoms with Crippen LogP contribution in [0.3, 0.4) is 0 Å². The van der Waals surface area contributed by atoms with Gasteiger partial charge in [0.25, 0.3) is 0 Å². The van der Waals surface area contributed by atoms with Gasteiger partial charge < -0.3 is 45.9 Å². The van der Waals surface area contributed by atoms with Gasteiger partial charge in [0.15, 0.2) is 23.2 Å². The number of aliphatic hydroxyl groups is 3. The molecule has 3 heterocycles. The first-order valence-electron chi connectivity index (χ1n) is 15.0. The molecule has 1 amide bonds. The van der Waals surface area contributed by atoms with Crippen LogP contribution in [0.5, 0.6) is 5.75 Å². The summed E-state index contributed by atoms with van der Waals surface area (Å²) in [5.41, 5.74) is 10.2. The number of nitrogens with two attached hydrogens (primary N) is 1. The molecule has 1 fully saturated rings. The number of aromatic nitrogens is 4. The zero-order valence-corrected chi connectivity index (χ0v) is 25.3. The molecule has 1 aliphatic rings. The number of hydrogen-bond donors (Lipinski definition) is 6. The molecule has 1 saturated heterocycles. The van der Waals surface area contributed by atoms with Gasteiger partial charge in [0.05, 0.1) is 13.2 Å². The van der Waals surface area contributed by atoms with Gasteiger partial charge in [0, 0.05) is 12.1 Å². The summed E-state index contributed by atoms with van der Waals surface area (Å²) in [7, 11) is 0. The molecule has 1 aliphatic heterocycles. The summed E-state index contributed by atoms with van der Waals surface area (Å²) in [6, 6.07) is 25.0. The molecule has 2 unspecified atom stereocenters. The van der Waals surface area contributed by atoms with E-state index in [2.05, 4.69) is 25.6 Å². The Bertz CT molecular complexity index is 1810. The zero-order valence-electron chi connectivity index (χ0n) is 25.3. The van der Waals surface area contributed by atoms with Gasteiger partial charge in [0.1, 0.15) is 43.6 Å². The Labute approximate surface area is 269 Å². The zero-order chi connectivity index (χ0) is 32.8. The Morgan fingerprint density at radius 1 is 0.979 bits per heavy atom. The molecule has 0 aliphatic carbocycles. The molecular weight excluding hydrogens is 606 g/mol. The van der Waals surface area contributed by atoms with Crippen LogP contribution in [0.1, 0.15) is 17.4 Å². The minimum atomic E-state index is -1.38. The number of rotatable bonds is 12. The lowest BCUT2D eigenvalue weighted by molar-refractivity contribution is -0.0501. The predicted octanol–water partition coefficient (Wildman–Crippen LogP) is 2.60. The maximum atomic E-state index is 12.2. The minimum Gasteiger partial charge on any atom is -0.491 e. The number of fused-ring (bicyclic) bond motifs is 1. The first-order chi connectivity index (χ1) is 22.9. The third-order valence-corrected chi connectivity index (χ3v) is 7.73. The summed E-state index contributed by atoms with van der Waals surface area (Å²) in [5.74, 6) is 0.922. The van der Waals surface area contributed by atoms with Gasteiger partial charge in [-0.2, -0.15) is 0 Å². The fourth-order valence-corrected chi connectivity index (χ4v) is 5.29. The van der Waals surface area contributed by atoms with Gasteiger partial charge in [0.2, 0.25) is 5.95 Å². The number of anilines is 2. The van der Waals surface area contributed by atoms with Crippen molar-refractivity contribution in [2.24, 2.45) is 0 Å². The number of amides is 1. The summed E-state index contributed by atoms with van der Waals surface area (Å²) in [5, 5.41) is 36.8. The molecule has 5 aromatic rings. The summed E-state index contributed by atoms with van der Waals surface area (Å²) in [6.07, 6.45) is -4.12. The third kappa shape index (κ3) is 7.10. The number of carbonyl (C=O) groups is 1. The van der Waals surface area contributed by atoms with E-state index in [-0.39, 0.29) is 49.2 Å². The van der Waals surface area contributed by atoms with E-state index in [1.54, 1.807) is 0 Å². The first kappa shape index (κ1) is 31.7. The topological polar surface area (TPSA) is 199 Å². The number of hydrogen-bond acceptors (Lipinski definition) is 12. The van der Waals surface area contributed by atoms with Gasteiger partial charge in [-0.3, -0.25) is 4.57 Å². The first-order valence-corrected chi connectivity index (χ1v) is 15.0. The van der Waals surface area contributed by atoms with Crippen molar-refractivity contribution in [1.29, 1.82) is 0 Å². The average Bonchev–Trinajstić information content (AvgIpc) is 3.62. The Morgan fingerprint density at radius 3 is 2.49 bits per heavy atom. The number of nitrogen functional groups attached to an aromatic ring is 1. The maximum absolute atomic E-state index is 12.2. The van der Waals surface area contributed by atoms with Crippen LogP contribution in [0, 0.1) is 0 Å². The molecule has 3 aromatic carbocycles. The summed E-state index contributed by atoms with van der Waals surface area (Å²) in [6.45, 7) is 0.249. The van der Waals surface area contributed by atoms with Crippen molar-refractivity contribution < 1.29 is 34.3 Å². The quantitative estimate of drug-likeness (QED) is 0.109. The fraction of sp³-hybridized carbons (Fsp3) is 0.273. The van der Waals surface area contributed by atoms with Gasteiger partial charge in [-0.15, -0.1) is 0 Å². The van der Waals surface area contributed by atoms with Crippen molar-refractivity contribution >= 4 is 29.0 Å². The number of nitrogens with zero attached hydrogens (tertiary/aromatic N) is 4. The molecule has 6 rings (SSSR count). The molecule has 14 heteroatoms. The number of alkyl carbamates (subject to hydrolysis) is 1. The number of nitrogens with one attached hydrogen (secondary N) is 2. The van der Waals surface area contributed by atoms with Crippen molar-refractivity contribution in [2.45, 2.75) is 37.7 Å². The number of aliphatic hydroxyl groups excluding tert-OH is 3. The molecule has 2 aromatic heterocycles. The largest absolute Gasteiger partial charge is 0.491 e. The molecule has 47 heavy (non-hydrogen) atoms. The van der Waals surface area contributed by atoms with Gasteiger partial charge >= 0.3 is 6.09 Å². The second-order valence-electron chi connectivity index (χ2n) is 10.8. The Balaban J connectivity index is 1.20. The molecule has 0 bridgehead atoms. The molecular formula is C33H35N7O7. The van der Waals surface area contributed by atoms with Crippen LogP contribution in [0.25, 0.3) is 22.3 Å². The predicted molar refractivity (Wildman–Crippen MR) is 172 cm³/mol. The lowest BCUT2D eigenvalue weighted by atomic mass is 10.0. The van der Waals surface area contributed by atoms with Crippen LogP contribution in [0.2, 0.25) is 0 Å². The van der Waals surface area contributed by atoms with Crippen LogP contribution in [-0.4, -0.2) is 79.0 Å². The van der Waals surface area contributed by atoms with E-state index in [4.69, 9.17) is 19.9 Å². The molecule has 0 radical (unpaired) electrons. The van der Waals surface area contributed by atoms with Gasteiger partial charge in [-0.05, 0) is 22.8 Å². The van der Waals surface area contributed by atoms with Gasteiger partial charge in [-0.1, -0.05) is 72.8 Å². The maximum Gasteiger partial charge on any atom is 0.407 e. The van der Waals surface area contributed by atoms with Crippen molar-refractivity contribution in [2.75, 3.05) is 30.8 Å². The lowest BCUT2D eigenvalue weighted by Gasteiger charge is -2.20. The third-order valence-electron chi connectivity index (χ3n) is 7.73. The average molecular weight is 642 g/mol. The second kappa shape index (κ2) is 14.4. The summed E-state index contributed by atoms with van der Waals surface area (Å²) < 4.78 is 18.7. The van der Waals surface area contributed by atoms with E-state index in [9.17, 15) is 20.1 Å². The highest BCUT2D eigenvalue weighted by Gasteiger charge is 2.45. The molecule has 4 atom stereocenters. The number of imidazole rings is 1. The van der Waals surface area contributed by atoms with E-state index < -0.39 is 37.2 Å². The van der Waals surface area contributed by atoms with Crippen LogP contribution in [-0.2, 0) is 22.6 Å². The van der Waals surface area contributed by atoms with E-state index in [1.165, 1.54) is 10.9 Å². The number of benzene rings is 3. The van der Waals surface area contributed by atoms with Crippen LogP contribution < -0.4 is 21.1 Å². The normalized spacial score (nSPS) is 19.0. The minimum absolute atomic E-state index is 0.120. The molecule has 0 spiro atoms. The lowest BCUT2D eigenvalue weighted by Crippen LogP contribution is -2.33. The number of carbonyl (C=O) groups excluding carboxylic acids is 1. The van der Waals surface area contributed by atoms with Crippen molar-refractivity contribution in [1.82, 2.24) is 24.8 Å². The summed E-state index contributed by atoms with van der Waals surface area (Å²) in [4.78, 5) is 25.1. The Morgan fingerprint density at radius 2 is 1.74 bits per heavy atom. The molecule has 14 nitrogen and oxygen atoms in total. The van der Waals surface area contributed by atoms with Crippen molar-refractivity contribution in [3.63, 3.8) is 0 Å². The van der Waals surface area contributed by atoms with Crippen molar-refractivity contribution in [3.8, 4) is 16.9 Å². The Hall–Kier alpha value is -5.28. The SMILES string of the molecule is Nc1ncnc2c1nc(NCc1ccc(-c3ccccc3)cc1OCCNC(=O)OCc1ccccc1)n2[C@@H]1O[C@H](CO)C(O)C1O. The van der Waals surface area contributed by atoms with E-state index in [0.717, 1.165) is 22.3 Å². The van der Waals surface area contributed by atoms with E-state index >= 15 is 0 Å². The van der Waals surface area contributed by atoms with E-state index in [1.807, 2.05) is 78.9 Å². The van der Waals surface area contributed by atoms with Crippen LogP contribution >= 0.6 is 0 Å². The molecule has 7 N–H and O–H groups in total. The highest BCUT2D eigenvalue weighted by Crippen LogP contribution is 2.36. The highest BCUT2D eigenvalue weighted by atomic mass is 16.6. The molecule has 0 saturated carbocycles. The summed E-state index contributed by atoms with van der Waals surface area (Å²) >= 11 is 0. The second-order valence-corrected chi connectivity index (χ2v) is 10.8. The van der Waals surface area contributed by atoms with Crippen LogP contribution in [0.15, 0.2) is 85.2 Å². The smallest absolute Gasteiger partial charge is 0.407 e. The molecule has 244 valence electrons. The monoisotopic (exact) mass is 641 g/mol. The van der Waals surface area contributed by atoms with E-state index in [0.29, 0.717) is 5.75 Å². The standard InChI is InChI=1S/C33H35N7O7/c34-29-26-30(38-19-37-29)40(31-28(43)27(42)25(17-41)47-31)32(39-26)36-16-23-12-11-22(21-9-5-2-6-10-21)15-24(23)45-14-13-35-33(44)46-18-20-7-3-1-4-8-20/h1-12,15,19,25,27-28,31,41-43H,13-14,16-18H2,(H,35,44)(H,36,39)(H2,34,37,38)/t25-,27?,28?,31-/m1/s1. The fourth-order valence-electron chi connectivity index (χ4n) is 5.29.